The van der Waals surface area contributed by atoms with Gasteiger partial charge < -0.3 is 14.6 Å². The first-order valence-electron chi connectivity index (χ1n) is 7.13. The van der Waals surface area contributed by atoms with Crippen LogP contribution in [0.25, 0.3) is 11.5 Å². The molecule has 1 aromatic heterocycles. The summed E-state index contributed by atoms with van der Waals surface area (Å²) in [5, 5.41) is 7.35. The Kier molecular flexibility index (Phi) is 4.63. The predicted molar refractivity (Wildman–Crippen MR) is 83.3 cm³/mol. The molecule has 1 aromatic carbocycles. The third kappa shape index (κ3) is 4.04. The lowest BCUT2D eigenvalue weighted by molar-refractivity contribution is 0.0128. The summed E-state index contributed by atoms with van der Waals surface area (Å²) in [6, 6.07) is 8.20. The lowest BCUT2D eigenvalue weighted by Gasteiger charge is -2.28. The molecule has 1 unspecified atom stereocenters. The summed E-state index contributed by atoms with van der Waals surface area (Å²) in [7, 11) is 1.74. The van der Waals surface area contributed by atoms with E-state index >= 15 is 0 Å². The normalized spacial score (nSPS) is 13.2. The Morgan fingerprint density at radius 3 is 2.67 bits per heavy atom. The van der Waals surface area contributed by atoms with Gasteiger partial charge in [0.05, 0.1) is 11.2 Å². The number of ether oxygens (including phenoxy) is 1. The Hall–Kier alpha value is -1.88. The number of hydrogen-bond donors (Lipinski definition) is 1. The quantitative estimate of drug-likeness (QED) is 0.879. The SMILES string of the molecule is COC(C)(C)CC(C)Nc1ccccc1-c1nc(C)no1. The molecule has 1 atom stereocenters. The van der Waals surface area contributed by atoms with Gasteiger partial charge in [0.2, 0.25) is 0 Å². The number of methoxy groups -OCH3 is 1. The van der Waals surface area contributed by atoms with Crippen molar-refractivity contribution in [3.05, 3.63) is 30.1 Å². The molecule has 0 aliphatic rings. The van der Waals surface area contributed by atoms with Gasteiger partial charge in [0.25, 0.3) is 5.89 Å². The smallest absolute Gasteiger partial charge is 0.260 e. The van der Waals surface area contributed by atoms with E-state index in [1.165, 1.54) is 0 Å². The highest BCUT2D eigenvalue weighted by Crippen LogP contribution is 2.28. The monoisotopic (exact) mass is 289 g/mol. The highest BCUT2D eigenvalue weighted by atomic mass is 16.5. The largest absolute Gasteiger partial charge is 0.382 e. The number of aromatic nitrogens is 2. The van der Waals surface area contributed by atoms with Crippen molar-refractivity contribution in [2.24, 2.45) is 0 Å². The van der Waals surface area contributed by atoms with E-state index in [2.05, 4.69) is 36.2 Å². The fourth-order valence-electron chi connectivity index (χ4n) is 2.34. The Morgan fingerprint density at radius 2 is 2.05 bits per heavy atom. The summed E-state index contributed by atoms with van der Waals surface area (Å²) in [5.41, 5.74) is 1.74. The molecule has 0 radical (unpaired) electrons. The third-order valence-electron chi connectivity index (χ3n) is 3.44. The van der Waals surface area contributed by atoms with Gasteiger partial charge in [-0.25, -0.2) is 0 Å². The topological polar surface area (TPSA) is 60.2 Å². The van der Waals surface area contributed by atoms with Gasteiger partial charge in [-0.1, -0.05) is 17.3 Å². The van der Waals surface area contributed by atoms with Gasteiger partial charge in [0.15, 0.2) is 5.82 Å². The zero-order valence-electron chi connectivity index (χ0n) is 13.3. The minimum Gasteiger partial charge on any atom is -0.382 e. The number of rotatable bonds is 6. The molecule has 0 aliphatic heterocycles. The number of nitrogens with zero attached hydrogens (tertiary/aromatic N) is 2. The molecule has 0 bridgehead atoms. The molecule has 0 fully saturated rings. The molecular formula is C16H23N3O2. The average Bonchev–Trinajstić information content (AvgIpc) is 2.85. The molecule has 114 valence electrons. The van der Waals surface area contributed by atoms with Crippen molar-refractivity contribution in [3.63, 3.8) is 0 Å². The van der Waals surface area contributed by atoms with E-state index in [9.17, 15) is 0 Å². The zero-order chi connectivity index (χ0) is 15.5. The maximum absolute atomic E-state index is 5.48. The van der Waals surface area contributed by atoms with Gasteiger partial charge in [-0.05, 0) is 46.2 Å². The summed E-state index contributed by atoms with van der Waals surface area (Å²) < 4.78 is 10.8. The number of benzene rings is 1. The van der Waals surface area contributed by atoms with Crippen LogP contribution in [0.2, 0.25) is 0 Å². The Labute approximate surface area is 125 Å². The number of hydrogen-bond acceptors (Lipinski definition) is 5. The number of para-hydroxylation sites is 1. The van der Waals surface area contributed by atoms with Crippen LogP contribution in [-0.4, -0.2) is 28.9 Å². The molecule has 1 heterocycles. The van der Waals surface area contributed by atoms with Crippen LogP contribution in [-0.2, 0) is 4.74 Å². The first-order valence-corrected chi connectivity index (χ1v) is 7.13. The molecule has 1 N–H and O–H groups in total. The molecule has 0 saturated heterocycles. The van der Waals surface area contributed by atoms with Gasteiger partial charge in [-0.15, -0.1) is 0 Å². The highest BCUT2D eigenvalue weighted by Gasteiger charge is 2.21. The lowest BCUT2D eigenvalue weighted by Crippen LogP contribution is -2.31. The van der Waals surface area contributed by atoms with Gasteiger partial charge in [-0.2, -0.15) is 4.98 Å². The second-order valence-electron chi connectivity index (χ2n) is 5.91. The van der Waals surface area contributed by atoms with Crippen molar-refractivity contribution in [1.29, 1.82) is 0 Å². The van der Waals surface area contributed by atoms with Crippen molar-refractivity contribution in [1.82, 2.24) is 10.1 Å². The van der Waals surface area contributed by atoms with Crippen molar-refractivity contribution in [3.8, 4) is 11.5 Å². The van der Waals surface area contributed by atoms with E-state index in [-0.39, 0.29) is 11.6 Å². The summed E-state index contributed by atoms with van der Waals surface area (Å²) in [6.07, 6.45) is 0.890. The van der Waals surface area contributed by atoms with E-state index in [1.807, 2.05) is 31.2 Å². The second kappa shape index (κ2) is 6.26. The molecule has 21 heavy (non-hydrogen) atoms. The fourth-order valence-corrected chi connectivity index (χ4v) is 2.34. The number of aryl methyl sites for hydroxylation is 1. The van der Waals surface area contributed by atoms with Crippen molar-refractivity contribution in [2.45, 2.75) is 45.8 Å². The zero-order valence-corrected chi connectivity index (χ0v) is 13.3. The number of nitrogens with one attached hydrogen (secondary N) is 1. The van der Waals surface area contributed by atoms with Gasteiger partial charge in [0, 0.05) is 18.8 Å². The molecule has 0 saturated carbocycles. The summed E-state index contributed by atoms with van der Waals surface area (Å²) >= 11 is 0. The molecule has 2 aromatic rings. The maximum Gasteiger partial charge on any atom is 0.260 e. The maximum atomic E-state index is 5.48. The average molecular weight is 289 g/mol. The molecule has 5 heteroatoms. The van der Waals surface area contributed by atoms with Crippen LogP contribution in [0.15, 0.2) is 28.8 Å². The van der Waals surface area contributed by atoms with E-state index < -0.39 is 0 Å². The molecule has 5 nitrogen and oxygen atoms in total. The fraction of sp³-hybridized carbons (Fsp3) is 0.500. The van der Waals surface area contributed by atoms with E-state index in [0.29, 0.717) is 11.7 Å². The second-order valence-corrected chi connectivity index (χ2v) is 5.91. The Morgan fingerprint density at radius 1 is 1.33 bits per heavy atom. The van der Waals surface area contributed by atoms with Gasteiger partial charge in [0.1, 0.15) is 0 Å². The van der Waals surface area contributed by atoms with Crippen LogP contribution in [0, 0.1) is 6.92 Å². The molecular weight excluding hydrogens is 266 g/mol. The highest BCUT2D eigenvalue weighted by molar-refractivity contribution is 5.72. The summed E-state index contributed by atoms with van der Waals surface area (Å²) in [5.74, 6) is 1.17. The van der Waals surface area contributed by atoms with Crippen molar-refractivity contribution in [2.75, 3.05) is 12.4 Å². The van der Waals surface area contributed by atoms with Gasteiger partial charge in [-0.3, -0.25) is 0 Å². The van der Waals surface area contributed by atoms with Crippen molar-refractivity contribution >= 4 is 5.69 Å². The van der Waals surface area contributed by atoms with E-state index in [1.54, 1.807) is 7.11 Å². The van der Waals surface area contributed by atoms with Crippen LogP contribution < -0.4 is 5.32 Å². The van der Waals surface area contributed by atoms with Crippen molar-refractivity contribution < 1.29 is 9.26 Å². The minimum absolute atomic E-state index is 0.164. The Bertz CT molecular complexity index is 593. The van der Waals surface area contributed by atoms with E-state index in [0.717, 1.165) is 17.7 Å². The van der Waals surface area contributed by atoms with Crippen LogP contribution in [0.5, 0.6) is 0 Å². The third-order valence-corrected chi connectivity index (χ3v) is 3.44. The van der Waals surface area contributed by atoms with Crippen LogP contribution >= 0.6 is 0 Å². The predicted octanol–water partition coefficient (Wildman–Crippen LogP) is 3.66. The first-order chi connectivity index (χ1) is 9.91. The van der Waals surface area contributed by atoms with Crippen LogP contribution in [0.3, 0.4) is 0 Å². The van der Waals surface area contributed by atoms with Crippen LogP contribution in [0.1, 0.15) is 33.0 Å². The molecule has 0 aliphatic carbocycles. The first kappa shape index (κ1) is 15.5. The molecule has 0 amide bonds. The lowest BCUT2D eigenvalue weighted by atomic mass is 9.99. The Balaban J connectivity index is 2.17. The molecule has 2 rings (SSSR count). The van der Waals surface area contributed by atoms with Crippen LogP contribution in [0.4, 0.5) is 5.69 Å². The number of anilines is 1. The molecule has 0 spiro atoms. The van der Waals surface area contributed by atoms with E-state index in [4.69, 9.17) is 9.26 Å². The summed E-state index contributed by atoms with van der Waals surface area (Å²) in [4.78, 5) is 4.30. The van der Waals surface area contributed by atoms with Gasteiger partial charge >= 0.3 is 0 Å². The summed E-state index contributed by atoms with van der Waals surface area (Å²) in [6.45, 7) is 8.11. The standard InChI is InChI=1S/C16H23N3O2/c1-11(10-16(3,4)20-5)17-14-9-7-6-8-13(14)15-18-12(2)19-21-15/h6-9,11,17H,10H2,1-5H3. The minimum atomic E-state index is -0.164.